The number of aromatic nitrogens is 1. The molecule has 0 atom stereocenters. The minimum absolute atomic E-state index is 0.159. The van der Waals surface area contributed by atoms with Gasteiger partial charge in [0, 0.05) is 17.1 Å². The molecule has 0 radical (unpaired) electrons. The summed E-state index contributed by atoms with van der Waals surface area (Å²) >= 11 is 5.72. The zero-order valence-electron chi connectivity index (χ0n) is 10.4. The number of carboxylic acid groups (broad SMARTS) is 1. The molecule has 2 rings (SSSR count). The number of carbonyl (C=O) groups is 1. The van der Waals surface area contributed by atoms with Crippen molar-refractivity contribution < 1.29 is 14.3 Å². The van der Waals surface area contributed by atoms with Crippen molar-refractivity contribution in [3.63, 3.8) is 0 Å². The number of hydrogen-bond acceptors (Lipinski definition) is 1. The van der Waals surface area contributed by atoms with Gasteiger partial charge in [0.2, 0.25) is 0 Å². The van der Waals surface area contributed by atoms with Gasteiger partial charge in [-0.05, 0) is 36.8 Å². The van der Waals surface area contributed by atoms with Gasteiger partial charge in [0.25, 0.3) is 0 Å². The van der Waals surface area contributed by atoms with Crippen molar-refractivity contribution in [1.29, 1.82) is 0 Å². The minimum atomic E-state index is -1.02. The molecule has 0 aliphatic rings. The van der Waals surface area contributed by atoms with Crippen LogP contribution in [0.1, 0.15) is 23.8 Å². The van der Waals surface area contributed by atoms with Gasteiger partial charge >= 0.3 is 5.97 Å². The number of nitrogens with zero attached hydrogens (tertiary/aromatic N) is 1. The normalized spacial score (nSPS) is 10.7. The molecule has 0 saturated heterocycles. The molecule has 1 aromatic carbocycles. The second-order valence-electron chi connectivity index (χ2n) is 4.18. The monoisotopic (exact) mass is 281 g/mol. The molecule has 19 heavy (non-hydrogen) atoms. The fourth-order valence-corrected chi connectivity index (χ4v) is 2.21. The van der Waals surface area contributed by atoms with Crippen LogP contribution in [0, 0.1) is 5.82 Å². The van der Waals surface area contributed by atoms with Crippen LogP contribution in [-0.4, -0.2) is 15.6 Å². The summed E-state index contributed by atoms with van der Waals surface area (Å²) in [6, 6.07) is 7.47. The molecule has 5 heteroatoms. The van der Waals surface area contributed by atoms with E-state index in [9.17, 15) is 9.18 Å². The first kappa shape index (κ1) is 13.6. The van der Waals surface area contributed by atoms with Crippen molar-refractivity contribution in [3.05, 3.63) is 46.9 Å². The maximum Gasteiger partial charge on any atom is 0.352 e. The van der Waals surface area contributed by atoms with Crippen LogP contribution in [0.5, 0.6) is 0 Å². The Labute approximate surface area is 115 Å². The third kappa shape index (κ3) is 2.63. The lowest BCUT2D eigenvalue weighted by Gasteiger charge is -2.11. The predicted molar refractivity (Wildman–Crippen MR) is 72.1 cm³/mol. The van der Waals surface area contributed by atoms with Gasteiger partial charge in [0.05, 0.1) is 5.69 Å². The van der Waals surface area contributed by atoms with E-state index in [1.165, 1.54) is 12.1 Å². The lowest BCUT2D eigenvalue weighted by molar-refractivity contribution is 0.0685. The lowest BCUT2D eigenvalue weighted by Crippen LogP contribution is -2.09. The molecule has 0 aliphatic heterocycles. The highest BCUT2D eigenvalue weighted by atomic mass is 35.5. The molecule has 1 N–H and O–H groups in total. The van der Waals surface area contributed by atoms with Crippen molar-refractivity contribution in [2.45, 2.75) is 19.9 Å². The molecule has 0 spiro atoms. The van der Waals surface area contributed by atoms with E-state index < -0.39 is 11.8 Å². The molecule has 100 valence electrons. The maximum atomic E-state index is 13.9. The number of aromatic carboxylic acids is 1. The molecule has 2 aromatic rings. The van der Waals surface area contributed by atoms with Gasteiger partial charge in [-0.25, -0.2) is 9.18 Å². The van der Waals surface area contributed by atoms with Crippen LogP contribution in [-0.2, 0) is 6.54 Å². The Morgan fingerprint density at radius 3 is 2.68 bits per heavy atom. The number of halogens is 2. The third-order valence-electron chi connectivity index (χ3n) is 2.85. The maximum absolute atomic E-state index is 13.9. The van der Waals surface area contributed by atoms with Gasteiger partial charge in [-0.15, -0.1) is 0 Å². The van der Waals surface area contributed by atoms with Crippen LogP contribution in [0.4, 0.5) is 4.39 Å². The first-order valence-electron chi connectivity index (χ1n) is 5.92. The standard InChI is InChI=1S/C14H13ClFNO2/c1-2-7-17-12(5-6-13(17)14(18)19)10-4-3-9(15)8-11(10)16/h3-6,8H,2,7H2,1H3,(H,18,19). The molecule has 1 heterocycles. The summed E-state index contributed by atoms with van der Waals surface area (Å²) < 4.78 is 15.5. The van der Waals surface area contributed by atoms with Crippen molar-refractivity contribution in [3.8, 4) is 11.3 Å². The van der Waals surface area contributed by atoms with E-state index in [-0.39, 0.29) is 5.69 Å². The van der Waals surface area contributed by atoms with Crippen LogP contribution in [0.15, 0.2) is 30.3 Å². The average Bonchev–Trinajstić information content (AvgIpc) is 2.73. The van der Waals surface area contributed by atoms with Crippen molar-refractivity contribution >= 4 is 17.6 Å². The highest BCUT2D eigenvalue weighted by Crippen LogP contribution is 2.27. The van der Waals surface area contributed by atoms with Crippen LogP contribution in [0.3, 0.4) is 0 Å². The summed E-state index contributed by atoms with van der Waals surface area (Å²) in [5.41, 5.74) is 1.06. The summed E-state index contributed by atoms with van der Waals surface area (Å²) in [7, 11) is 0. The quantitative estimate of drug-likeness (QED) is 0.918. The van der Waals surface area contributed by atoms with Gasteiger partial charge < -0.3 is 9.67 Å². The summed E-state index contributed by atoms with van der Waals surface area (Å²) in [4.78, 5) is 11.1. The van der Waals surface area contributed by atoms with Crippen LogP contribution in [0.25, 0.3) is 11.3 Å². The Balaban J connectivity index is 2.58. The average molecular weight is 282 g/mol. The predicted octanol–water partition coefficient (Wildman–Crippen LogP) is 4.06. The summed E-state index contributed by atoms with van der Waals surface area (Å²) in [5, 5.41) is 9.44. The molecular formula is C14H13ClFNO2. The highest BCUT2D eigenvalue weighted by molar-refractivity contribution is 6.30. The third-order valence-corrected chi connectivity index (χ3v) is 3.09. The Bertz CT molecular complexity index is 622. The highest BCUT2D eigenvalue weighted by Gasteiger charge is 2.16. The number of rotatable bonds is 4. The van der Waals surface area contributed by atoms with Gasteiger partial charge in [0.15, 0.2) is 0 Å². The molecule has 0 saturated carbocycles. The first-order chi connectivity index (χ1) is 9.04. The van der Waals surface area contributed by atoms with Gasteiger partial charge in [0.1, 0.15) is 11.5 Å². The SMILES string of the molecule is CCCn1c(C(=O)O)ccc1-c1ccc(Cl)cc1F. The minimum Gasteiger partial charge on any atom is -0.477 e. The lowest BCUT2D eigenvalue weighted by atomic mass is 10.1. The molecular weight excluding hydrogens is 269 g/mol. The molecule has 0 amide bonds. The zero-order valence-corrected chi connectivity index (χ0v) is 11.1. The van der Waals surface area contributed by atoms with E-state index in [0.29, 0.717) is 22.8 Å². The second-order valence-corrected chi connectivity index (χ2v) is 4.62. The topological polar surface area (TPSA) is 42.2 Å². The van der Waals surface area contributed by atoms with Crippen molar-refractivity contribution in [2.75, 3.05) is 0 Å². The second kappa shape index (κ2) is 5.45. The number of benzene rings is 1. The molecule has 3 nitrogen and oxygen atoms in total. The van der Waals surface area contributed by atoms with E-state index in [0.717, 1.165) is 6.42 Å². The molecule has 0 fully saturated rings. The zero-order chi connectivity index (χ0) is 14.0. The molecule has 0 aliphatic carbocycles. The fraction of sp³-hybridized carbons (Fsp3) is 0.214. The number of hydrogen-bond donors (Lipinski definition) is 1. The summed E-state index contributed by atoms with van der Waals surface area (Å²) in [6.07, 6.45) is 0.761. The summed E-state index contributed by atoms with van der Waals surface area (Å²) in [6.45, 7) is 2.46. The first-order valence-corrected chi connectivity index (χ1v) is 6.30. The van der Waals surface area contributed by atoms with Gasteiger partial charge in [-0.3, -0.25) is 0 Å². The van der Waals surface area contributed by atoms with E-state index in [4.69, 9.17) is 16.7 Å². The van der Waals surface area contributed by atoms with Gasteiger partial charge in [-0.2, -0.15) is 0 Å². The largest absolute Gasteiger partial charge is 0.477 e. The molecule has 1 aromatic heterocycles. The Kier molecular flexibility index (Phi) is 3.90. The van der Waals surface area contributed by atoms with E-state index in [2.05, 4.69) is 0 Å². The Morgan fingerprint density at radius 1 is 1.37 bits per heavy atom. The van der Waals surface area contributed by atoms with E-state index >= 15 is 0 Å². The molecule has 0 unspecified atom stereocenters. The van der Waals surface area contributed by atoms with Gasteiger partial charge in [-0.1, -0.05) is 18.5 Å². The van der Waals surface area contributed by atoms with E-state index in [1.807, 2.05) is 6.92 Å². The van der Waals surface area contributed by atoms with Crippen LogP contribution in [0.2, 0.25) is 5.02 Å². The fourth-order valence-electron chi connectivity index (χ4n) is 2.05. The Morgan fingerprint density at radius 2 is 2.11 bits per heavy atom. The Hall–Kier alpha value is -1.81. The van der Waals surface area contributed by atoms with E-state index in [1.54, 1.807) is 22.8 Å². The van der Waals surface area contributed by atoms with Crippen molar-refractivity contribution in [2.24, 2.45) is 0 Å². The summed E-state index contributed by atoms with van der Waals surface area (Å²) in [5.74, 6) is -1.48. The van der Waals surface area contributed by atoms with Crippen molar-refractivity contribution in [1.82, 2.24) is 4.57 Å². The smallest absolute Gasteiger partial charge is 0.352 e. The number of carboxylic acids is 1. The van der Waals surface area contributed by atoms with Crippen LogP contribution >= 0.6 is 11.6 Å². The molecule has 0 bridgehead atoms. The van der Waals surface area contributed by atoms with Crippen LogP contribution < -0.4 is 0 Å².